The highest BCUT2D eigenvalue weighted by atomic mass is 16.2. The van der Waals surface area contributed by atoms with Gasteiger partial charge in [0.2, 0.25) is 11.7 Å². The Morgan fingerprint density at radius 3 is 1.73 bits per heavy atom. The van der Waals surface area contributed by atoms with Crippen LogP contribution in [0.15, 0.2) is 115 Å². The van der Waals surface area contributed by atoms with Crippen LogP contribution < -0.4 is 5.32 Å². The van der Waals surface area contributed by atoms with Crippen LogP contribution in [0.3, 0.4) is 0 Å². The molecule has 0 fully saturated rings. The van der Waals surface area contributed by atoms with E-state index in [1.807, 2.05) is 115 Å². The molecule has 1 aliphatic rings. The van der Waals surface area contributed by atoms with Gasteiger partial charge in [-0.05, 0) is 66.3 Å². The van der Waals surface area contributed by atoms with Gasteiger partial charge in [0.05, 0.1) is 6.04 Å². The topological polar surface area (TPSA) is 97.4 Å². The Kier molecular flexibility index (Phi) is 12.6. The summed E-state index contributed by atoms with van der Waals surface area (Å²) in [5.74, 6) is -3.27. The molecule has 0 saturated heterocycles. The van der Waals surface area contributed by atoms with Crippen LogP contribution >= 0.6 is 0 Å². The van der Waals surface area contributed by atoms with Gasteiger partial charge in [0.25, 0.3) is 0 Å². The third kappa shape index (κ3) is 10.3. The van der Waals surface area contributed by atoms with Crippen molar-refractivity contribution in [2.45, 2.75) is 70.8 Å². The Morgan fingerprint density at radius 1 is 0.653 bits per heavy atom. The normalized spacial score (nSPS) is 14.3. The molecule has 0 unspecified atom stereocenters. The van der Waals surface area contributed by atoms with Crippen LogP contribution in [0.25, 0.3) is 0 Å². The largest absolute Gasteiger partial charge is 0.346 e. The van der Waals surface area contributed by atoms with Crippen molar-refractivity contribution in [3.05, 3.63) is 143 Å². The fourth-order valence-corrected chi connectivity index (χ4v) is 6.73. The van der Waals surface area contributed by atoms with Crippen molar-refractivity contribution in [1.29, 1.82) is 0 Å². The predicted octanol–water partition coefficient (Wildman–Crippen LogP) is 6.70. The molecule has 49 heavy (non-hydrogen) atoms. The first-order valence-corrected chi connectivity index (χ1v) is 17.4. The highest BCUT2D eigenvalue weighted by molar-refractivity contribution is 6.38. The molecule has 1 amide bonds. The molecule has 6 nitrogen and oxygen atoms in total. The summed E-state index contributed by atoms with van der Waals surface area (Å²) in [4.78, 5) is 67.7. The lowest BCUT2D eigenvalue weighted by molar-refractivity contribution is -0.140. The van der Waals surface area contributed by atoms with Crippen LogP contribution in [-0.4, -0.2) is 35.1 Å². The zero-order valence-corrected chi connectivity index (χ0v) is 28.2. The molecule has 4 aromatic carbocycles. The quantitative estimate of drug-likeness (QED) is 0.120. The molecule has 0 heterocycles. The van der Waals surface area contributed by atoms with E-state index in [0.717, 1.165) is 16.7 Å². The van der Waals surface area contributed by atoms with Gasteiger partial charge in [-0.1, -0.05) is 122 Å². The molecular formula is C43H45NO5. The van der Waals surface area contributed by atoms with E-state index in [4.69, 9.17) is 0 Å². The number of aryl methyl sites for hydroxylation is 2. The summed E-state index contributed by atoms with van der Waals surface area (Å²) in [6, 6.07) is 35.8. The van der Waals surface area contributed by atoms with E-state index in [1.54, 1.807) is 6.92 Å². The molecule has 0 saturated carbocycles. The minimum atomic E-state index is -0.869. The number of ketones is 4. The zero-order valence-electron chi connectivity index (χ0n) is 28.2. The molecular weight excluding hydrogens is 610 g/mol. The molecule has 252 valence electrons. The molecule has 0 aromatic heterocycles. The SMILES string of the molecule is C[C@H](CC(=O)C1Cc2ccccc2C1)C(=O)N[C@@H](CCc1ccccc1)C(=O)C[C@@H](Cc1ccccc1)C(=O)C(=O)CCc1ccccc1. The molecule has 4 aromatic rings. The van der Waals surface area contributed by atoms with Gasteiger partial charge in [-0.25, -0.2) is 0 Å². The van der Waals surface area contributed by atoms with Gasteiger partial charge >= 0.3 is 0 Å². The number of carbonyl (C=O) groups is 5. The van der Waals surface area contributed by atoms with Gasteiger partial charge < -0.3 is 5.32 Å². The summed E-state index contributed by atoms with van der Waals surface area (Å²) in [6.45, 7) is 1.72. The van der Waals surface area contributed by atoms with E-state index in [9.17, 15) is 24.0 Å². The molecule has 6 heteroatoms. The highest BCUT2D eigenvalue weighted by Crippen LogP contribution is 2.29. The first kappa shape index (κ1) is 35.3. The van der Waals surface area contributed by atoms with Crippen molar-refractivity contribution >= 4 is 29.0 Å². The van der Waals surface area contributed by atoms with Gasteiger partial charge in [0.15, 0.2) is 11.6 Å². The number of fused-ring (bicyclic) bond motifs is 1. The van der Waals surface area contributed by atoms with Crippen molar-refractivity contribution < 1.29 is 24.0 Å². The Labute approximate surface area is 289 Å². The molecule has 1 aliphatic carbocycles. The Balaban J connectivity index is 1.27. The fourth-order valence-electron chi connectivity index (χ4n) is 6.73. The van der Waals surface area contributed by atoms with Crippen LogP contribution in [0, 0.1) is 17.8 Å². The highest BCUT2D eigenvalue weighted by Gasteiger charge is 2.33. The number of rotatable bonds is 18. The van der Waals surface area contributed by atoms with Gasteiger partial charge in [0, 0.05) is 37.0 Å². The average molecular weight is 656 g/mol. The van der Waals surface area contributed by atoms with E-state index in [-0.39, 0.29) is 49.1 Å². The summed E-state index contributed by atoms with van der Waals surface area (Å²) in [5, 5.41) is 2.95. The molecule has 0 radical (unpaired) electrons. The number of carbonyl (C=O) groups excluding carboxylic acids is 5. The Hall–Kier alpha value is -4.97. The summed E-state index contributed by atoms with van der Waals surface area (Å²) >= 11 is 0. The van der Waals surface area contributed by atoms with Crippen molar-refractivity contribution in [3.8, 4) is 0 Å². The predicted molar refractivity (Wildman–Crippen MR) is 191 cm³/mol. The lowest BCUT2D eigenvalue weighted by Gasteiger charge is -2.23. The van der Waals surface area contributed by atoms with Crippen molar-refractivity contribution in [1.82, 2.24) is 5.32 Å². The third-order valence-electron chi connectivity index (χ3n) is 9.63. The monoisotopic (exact) mass is 655 g/mol. The smallest absolute Gasteiger partial charge is 0.223 e. The van der Waals surface area contributed by atoms with Crippen LogP contribution in [0.2, 0.25) is 0 Å². The first-order chi connectivity index (χ1) is 23.8. The minimum absolute atomic E-state index is 0.0496. The van der Waals surface area contributed by atoms with Gasteiger partial charge in [-0.2, -0.15) is 0 Å². The second kappa shape index (κ2) is 17.4. The number of hydrogen-bond acceptors (Lipinski definition) is 5. The number of benzene rings is 4. The molecule has 0 bridgehead atoms. The number of amides is 1. The van der Waals surface area contributed by atoms with Crippen molar-refractivity contribution in [3.63, 3.8) is 0 Å². The van der Waals surface area contributed by atoms with Gasteiger partial charge in [-0.3, -0.25) is 24.0 Å². The third-order valence-corrected chi connectivity index (χ3v) is 9.63. The maximum Gasteiger partial charge on any atom is 0.223 e. The molecule has 0 spiro atoms. The van der Waals surface area contributed by atoms with Crippen molar-refractivity contribution in [2.24, 2.45) is 17.8 Å². The maximum atomic E-state index is 14.0. The maximum absolute atomic E-state index is 14.0. The average Bonchev–Trinajstić information content (AvgIpc) is 3.58. The summed E-state index contributed by atoms with van der Waals surface area (Å²) in [6.07, 6.45) is 2.92. The van der Waals surface area contributed by atoms with Crippen LogP contribution in [-0.2, 0) is 56.1 Å². The number of nitrogens with one attached hydrogen (secondary N) is 1. The van der Waals surface area contributed by atoms with Crippen LogP contribution in [0.5, 0.6) is 0 Å². The van der Waals surface area contributed by atoms with E-state index in [0.29, 0.717) is 32.1 Å². The fraction of sp³-hybridized carbons (Fsp3) is 0.326. The van der Waals surface area contributed by atoms with E-state index < -0.39 is 29.4 Å². The van der Waals surface area contributed by atoms with Gasteiger partial charge in [0.1, 0.15) is 5.78 Å². The standard InChI is InChI=1S/C43H45NO5/c1-30(25-40(46)36-27-34-19-11-12-20-35(34)28-36)43(49)44-38(23-21-31-13-5-2-6-14-31)41(47)29-37(26-33-17-9-4-10-18-33)42(48)39(45)24-22-32-15-7-3-8-16-32/h2-20,30,36-38H,21-29H2,1H3,(H,44,49)/t30-,37-,38+/m1/s1. The molecule has 0 aliphatic heterocycles. The molecule has 3 atom stereocenters. The van der Waals surface area contributed by atoms with Gasteiger partial charge in [-0.15, -0.1) is 0 Å². The number of Topliss-reactive ketones (excluding diaryl/α,β-unsaturated/α-hetero) is 4. The van der Waals surface area contributed by atoms with E-state index in [1.165, 1.54) is 11.1 Å². The second-order valence-electron chi connectivity index (χ2n) is 13.4. The Bertz CT molecular complexity index is 1710. The second-order valence-corrected chi connectivity index (χ2v) is 13.4. The molecule has 1 N–H and O–H groups in total. The van der Waals surface area contributed by atoms with Crippen LogP contribution in [0.4, 0.5) is 0 Å². The van der Waals surface area contributed by atoms with Crippen LogP contribution in [0.1, 0.15) is 60.4 Å². The van der Waals surface area contributed by atoms with E-state index >= 15 is 0 Å². The Morgan fingerprint density at radius 2 is 1.16 bits per heavy atom. The first-order valence-electron chi connectivity index (χ1n) is 17.4. The summed E-state index contributed by atoms with van der Waals surface area (Å²) in [5.41, 5.74) is 5.21. The summed E-state index contributed by atoms with van der Waals surface area (Å²) in [7, 11) is 0. The van der Waals surface area contributed by atoms with E-state index in [2.05, 4.69) is 5.32 Å². The van der Waals surface area contributed by atoms with Crippen molar-refractivity contribution in [2.75, 3.05) is 0 Å². The number of hydrogen-bond donors (Lipinski definition) is 1. The summed E-state index contributed by atoms with van der Waals surface area (Å²) < 4.78 is 0. The zero-order chi connectivity index (χ0) is 34.6. The minimum Gasteiger partial charge on any atom is -0.346 e. The lowest BCUT2D eigenvalue weighted by Crippen LogP contribution is -2.45. The molecule has 5 rings (SSSR count). The lowest BCUT2D eigenvalue weighted by atomic mass is 9.85.